The molecule has 0 spiro atoms. The van der Waals surface area contributed by atoms with Crippen LogP contribution >= 0.6 is 0 Å². The van der Waals surface area contributed by atoms with Crippen LogP contribution in [-0.2, 0) is 6.18 Å². The van der Waals surface area contributed by atoms with Gasteiger partial charge in [0.1, 0.15) is 11.6 Å². The summed E-state index contributed by atoms with van der Waals surface area (Å²) in [6.07, 6.45) is -1.01. The van der Waals surface area contributed by atoms with Crippen LogP contribution in [-0.4, -0.2) is 11.5 Å². The zero-order valence-electron chi connectivity index (χ0n) is 9.72. The fraction of sp³-hybridized carbons (Fsp3) is 0.545. The summed E-state index contributed by atoms with van der Waals surface area (Å²) in [6, 6.07) is 1.87. The summed E-state index contributed by atoms with van der Waals surface area (Å²) in [5.41, 5.74) is 1.38. The van der Waals surface area contributed by atoms with Crippen molar-refractivity contribution in [2.75, 3.05) is 17.3 Å². The number of nitrogens with two attached hydrogens (primary N) is 1. The molecule has 4 N–H and O–H groups in total. The van der Waals surface area contributed by atoms with E-state index in [1.165, 1.54) is 12.8 Å². The Morgan fingerprint density at radius 1 is 1.28 bits per heavy atom. The molecule has 1 aromatic heterocycles. The summed E-state index contributed by atoms with van der Waals surface area (Å²) in [6.45, 7) is 0.628. The predicted molar refractivity (Wildman–Crippen MR) is 62.9 cm³/mol. The molecule has 0 aromatic carbocycles. The van der Waals surface area contributed by atoms with E-state index >= 15 is 0 Å². The number of hydrogen-bond acceptors (Lipinski definition) is 4. The Balaban J connectivity index is 2.07. The lowest BCUT2D eigenvalue weighted by Gasteiger charge is -2.12. The summed E-state index contributed by atoms with van der Waals surface area (Å²) in [4.78, 5) is 3.94. The zero-order valence-corrected chi connectivity index (χ0v) is 9.72. The molecule has 0 atom stereocenters. The van der Waals surface area contributed by atoms with Gasteiger partial charge < -0.3 is 10.7 Å². The maximum atomic E-state index is 12.6. The summed E-state index contributed by atoms with van der Waals surface area (Å²) >= 11 is 0. The van der Waals surface area contributed by atoms with Crippen molar-refractivity contribution in [2.24, 2.45) is 11.8 Å². The fourth-order valence-electron chi connectivity index (χ4n) is 1.67. The van der Waals surface area contributed by atoms with Crippen LogP contribution in [0, 0.1) is 5.92 Å². The molecular weight excluding hydrogens is 245 g/mol. The summed E-state index contributed by atoms with van der Waals surface area (Å²) in [7, 11) is 0. The van der Waals surface area contributed by atoms with Gasteiger partial charge in [-0.25, -0.2) is 10.8 Å². The van der Waals surface area contributed by atoms with Crippen molar-refractivity contribution in [1.29, 1.82) is 0 Å². The average Bonchev–Trinajstić information content (AvgIpc) is 3.11. The van der Waals surface area contributed by atoms with Gasteiger partial charge in [0.2, 0.25) is 0 Å². The number of halogens is 3. The molecule has 1 saturated carbocycles. The van der Waals surface area contributed by atoms with Crippen LogP contribution in [0.3, 0.4) is 0 Å². The SMILES string of the molecule is NNc1cc(C(F)(F)F)cc(NCCC2CC2)n1. The van der Waals surface area contributed by atoms with Crippen LogP contribution in [0.2, 0.25) is 0 Å². The van der Waals surface area contributed by atoms with E-state index in [-0.39, 0.29) is 11.6 Å². The van der Waals surface area contributed by atoms with Gasteiger partial charge in [0, 0.05) is 6.54 Å². The lowest BCUT2D eigenvalue weighted by atomic mass is 10.2. The number of aromatic nitrogens is 1. The Bertz CT molecular complexity index is 415. The highest BCUT2D eigenvalue weighted by atomic mass is 19.4. The van der Waals surface area contributed by atoms with Crippen LogP contribution in [0.25, 0.3) is 0 Å². The van der Waals surface area contributed by atoms with E-state index in [1.54, 1.807) is 0 Å². The molecule has 1 aliphatic rings. The van der Waals surface area contributed by atoms with Gasteiger partial charge in [0.15, 0.2) is 0 Å². The molecule has 0 aliphatic heterocycles. The quantitative estimate of drug-likeness (QED) is 0.562. The second kappa shape index (κ2) is 5.01. The number of hydrazine groups is 1. The summed E-state index contributed by atoms with van der Waals surface area (Å²) < 4.78 is 37.9. The first-order valence-corrected chi connectivity index (χ1v) is 5.79. The van der Waals surface area contributed by atoms with Crippen LogP contribution in [0.4, 0.5) is 24.8 Å². The minimum absolute atomic E-state index is 0.00116. The Morgan fingerprint density at radius 3 is 2.50 bits per heavy atom. The summed E-state index contributed by atoms with van der Waals surface area (Å²) in [5, 5.41) is 2.90. The third-order valence-electron chi connectivity index (χ3n) is 2.86. The minimum atomic E-state index is -4.40. The molecule has 0 bridgehead atoms. The van der Waals surface area contributed by atoms with E-state index in [2.05, 4.69) is 15.7 Å². The van der Waals surface area contributed by atoms with Crippen LogP contribution in [0.1, 0.15) is 24.8 Å². The number of rotatable bonds is 5. The molecule has 0 unspecified atom stereocenters. The van der Waals surface area contributed by atoms with E-state index in [0.717, 1.165) is 24.5 Å². The second-order valence-corrected chi connectivity index (χ2v) is 4.43. The van der Waals surface area contributed by atoms with Gasteiger partial charge in [-0.1, -0.05) is 12.8 Å². The van der Waals surface area contributed by atoms with Crippen LogP contribution in [0.15, 0.2) is 12.1 Å². The zero-order chi connectivity index (χ0) is 13.2. The molecule has 7 heteroatoms. The normalized spacial score (nSPS) is 15.6. The number of alkyl halides is 3. The van der Waals surface area contributed by atoms with E-state index in [0.29, 0.717) is 6.54 Å². The number of anilines is 2. The van der Waals surface area contributed by atoms with Crippen molar-refractivity contribution >= 4 is 11.6 Å². The van der Waals surface area contributed by atoms with Crippen molar-refractivity contribution in [3.05, 3.63) is 17.7 Å². The van der Waals surface area contributed by atoms with Crippen molar-refractivity contribution in [3.63, 3.8) is 0 Å². The fourth-order valence-corrected chi connectivity index (χ4v) is 1.67. The van der Waals surface area contributed by atoms with E-state index in [9.17, 15) is 13.2 Å². The third-order valence-corrected chi connectivity index (χ3v) is 2.86. The Labute approximate surface area is 103 Å². The number of pyridine rings is 1. The number of nitrogens with zero attached hydrogens (tertiary/aromatic N) is 1. The first-order valence-electron chi connectivity index (χ1n) is 5.79. The van der Waals surface area contributed by atoms with Gasteiger partial charge in [0.25, 0.3) is 0 Å². The molecule has 0 amide bonds. The predicted octanol–water partition coefficient (Wildman–Crippen LogP) is 2.60. The lowest BCUT2D eigenvalue weighted by Crippen LogP contribution is -2.14. The smallest absolute Gasteiger partial charge is 0.370 e. The molecule has 4 nitrogen and oxygen atoms in total. The monoisotopic (exact) mass is 260 g/mol. The molecule has 1 aromatic rings. The molecular formula is C11H15F3N4. The summed E-state index contributed by atoms with van der Waals surface area (Å²) in [5.74, 6) is 6.02. The number of hydrogen-bond donors (Lipinski definition) is 3. The maximum Gasteiger partial charge on any atom is 0.416 e. The first kappa shape index (κ1) is 12.9. The number of nitrogen functional groups attached to an aromatic ring is 1. The van der Waals surface area contributed by atoms with Crippen LogP contribution < -0.4 is 16.6 Å². The molecule has 1 heterocycles. The molecule has 1 fully saturated rings. The second-order valence-electron chi connectivity index (χ2n) is 4.43. The van der Waals surface area contributed by atoms with Crippen molar-refractivity contribution in [1.82, 2.24) is 4.98 Å². The molecule has 1 aliphatic carbocycles. The van der Waals surface area contributed by atoms with Crippen molar-refractivity contribution in [3.8, 4) is 0 Å². The Hall–Kier alpha value is -1.50. The molecule has 18 heavy (non-hydrogen) atoms. The van der Waals surface area contributed by atoms with Gasteiger partial charge in [-0.3, -0.25) is 0 Å². The standard InChI is InChI=1S/C11H15F3N4/c12-11(13,14)8-5-9(17-10(6-8)18-15)16-4-3-7-1-2-7/h5-7H,1-4,15H2,(H2,16,17,18). The van der Waals surface area contributed by atoms with Crippen LogP contribution in [0.5, 0.6) is 0 Å². The van der Waals surface area contributed by atoms with Crippen molar-refractivity contribution < 1.29 is 13.2 Å². The van der Waals surface area contributed by atoms with Gasteiger partial charge in [-0.05, 0) is 24.5 Å². The van der Waals surface area contributed by atoms with Gasteiger partial charge >= 0.3 is 6.18 Å². The third kappa shape index (κ3) is 3.49. The average molecular weight is 260 g/mol. The van der Waals surface area contributed by atoms with E-state index < -0.39 is 11.7 Å². The minimum Gasteiger partial charge on any atom is -0.370 e. The van der Waals surface area contributed by atoms with Crippen molar-refractivity contribution in [2.45, 2.75) is 25.4 Å². The molecule has 0 saturated heterocycles. The van der Waals surface area contributed by atoms with E-state index in [1.807, 2.05) is 0 Å². The lowest BCUT2D eigenvalue weighted by molar-refractivity contribution is -0.137. The highest BCUT2D eigenvalue weighted by Crippen LogP contribution is 2.33. The maximum absolute atomic E-state index is 12.6. The highest BCUT2D eigenvalue weighted by molar-refractivity contribution is 5.49. The first-order chi connectivity index (χ1) is 8.49. The molecule has 2 rings (SSSR count). The van der Waals surface area contributed by atoms with Gasteiger partial charge in [-0.15, -0.1) is 0 Å². The topological polar surface area (TPSA) is 63.0 Å². The van der Waals surface area contributed by atoms with Gasteiger partial charge in [-0.2, -0.15) is 13.2 Å². The number of nitrogens with one attached hydrogen (secondary N) is 2. The Morgan fingerprint density at radius 2 is 1.94 bits per heavy atom. The molecule has 100 valence electrons. The largest absolute Gasteiger partial charge is 0.416 e. The van der Waals surface area contributed by atoms with Gasteiger partial charge in [0.05, 0.1) is 5.56 Å². The van der Waals surface area contributed by atoms with E-state index in [4.69, 9.17) is 5.84 Å². The Kier molecular flexibility index (Phi) is 3.60. The molecule has 0 radical (unpaired) electrons. The highest BCUT2D eigenvalue weighted by Gasteiger charge is 2.31.